The van der Waals surface area contributed by atoms with Gasteiger partial charge in [-0.3, -0.25) is 0 Å². The highest BCUT2D eigenvalue weighted by atomic mass is 19.1. The lowest BCUT2D eigenvalue weighted by Crippen LogP contribution is -2.25. The molecular formula is C23H35FO2. The van der Waals surface area contributed by atoms with E-state index in [1.165, 1.54) is 84.0 Å². The van der Waals surface area contributed by atoms with Crippen LogP contribution in [0, 0.1) is 23.6 Å². The fourth-order valence-electron chi connectivity index (χ4n) is 5.41. The van der Waals surface area contributed by atoms with E-state index in [0.717, 1.165) is 17.8 Å². The largest absolute Gasteiger partial charge is 0.494 e. The molecule has 2 aliphatic rings. The molecule has 2 aliphatic carbocycles. The van der Waals surface area contributed by atoms with E-state index < -0.39 is 5.82 Å². The van der Waals surface area contributed by atoms with Crippen molar-refractivity contribution in [2.24, 2.45) is 17.8 Å². The summed E-state index contributed by atoms with van der Waals surface area (Å²) < 4.78 is 24.6. The molecule has 3 heteroatoms. The number of methoxy groups -OCH3 is 2. The first-order chi connectivity index (χ1) is 12.7. The van der Waals surface area contributed by atoms with Crippen molar-refractivity contribution < 1.29 is 13.9 Å². The average Bonchev–Trinajstić information content (AvgIpc) is 2.69. The Labute approximate surface area is 158 Å². The van der Waals surface area contributed by atoms with Crippen LogP contribution in [0.3, 0.4) is 0 Å². The first-order valence-corrected chi connectivity index (χ1v) is 10.6. The van der Waals surface area contributed by atoms with Gasteiger partial charge in [0.15, 0.2) is 11.5 Å². The molecule has 0 N–H and O–H groups in total. The van der Waals surface area contributed by atoms with Crippen LogP contribution in [0.4, 0.5) is 4.39 Å². The lowest BCUT2D eigenvalue weighted by Gasteiger charge is -2.38. The minimum atomic E-state index is -0.392. The first kappa shape index (κ1) is 19.5. The zero-order chi connectivity index (χ0) is 18.5. The second-order valence-electron chi connectivity index (χ2n) is 8.42. The van der Waals surface area contributed by atoms with Crippen molar-refractivity contribution in [3.05, 3.63) is 23.5 Å². The fraction of sp³-hybridized carbons (Fsp3) is 0.739. The second-order valence-corrected chi connectivity index (χ2v) is 8.42. The minimum absolute atomic E-state index is 0.302. The van der Waals surface area contributed by atoms with Crippen LogP contribution < -0.4 is 9.47 Å². The summed E-state index contributed by atoms with van der Waals surface area (Å²) in [6.07, 6.45) is 13.6. The summed E-state index contributed by atoms with van der Waals surface area (Å²) in [6.45, 7) is 2.31. The maximum absolute atomic E-state index is 14.2. The van der Waals surface area contributed by atoms with Gasteiger partial charge in [0.25, 0.3) is 0 Å². The Morgan fingerprint density at radius 2 is 1.35 bits per heavy atom. The third kappa shape index (κ3) is 4.35. The Morgan fingerprint density at radius 3 is 1.81 bits per heavy atom. The van der Waals surface area contributed by atoms with Gasteiger partial charge in [-0.25, -0.2) is 0 Å². The molecule has 26 heavy (non-hydrogen) atoms. The highest BCUT2D eigenvalue weighted by Gasteiger charge is 2.31. The Morgan fingerprint density at radius 1 is 0.846 bits per heavy atom. The van der Waals surface area contributed by atoms with Gasteiger partial charge in [-0.2, -0.15) is 4.39 Å². The van der Waals surface area contributed by atoms with E-state index in [1.807, 2.05) is 12.1 Å². The molecule has 2 saturated carbocycles. The van der Waals surface area contributed by atoms with Crippen LogP contribution in [0.15, 0.2) is 12.1 Å². The fourth-order valence-corrected chi connectivity index (χ4v) is 5.41. The Hall–Kier alpha value is -1.25. The molecule has 1 aromatic rings. The monoisotopic (exact) mass is 362 g/mol. The lowest BCUT2D eigenvalue weighted by molar-refractivity contribution is 0.156. The molecule has 0 aliphatic heterocycles. The normalized spacial score (nSPS) is 29.4. The summed E-state index contributed by atoms with van der Waals surface area (Å²) in [7, 11) is 3.04. The highest BCUT2D eigenvalue weighted by Crippen LogP contribution is 2.45. The lowest BCUT2D eigenvalue weighted by atomic mass is 9.68. The van der Waals surface area contributed by atoms with Crippen molar-refractivity contribution in [1.82, 2.24) is 0 Å². The minimum Gasteiger partial charge on any atom is -0.494 e. The Kier molecular flexibility index (Phi) is 6.83. The van der Waals surface area contributed by atoms with E-state index in [9.17, 15) is 4.39 Å². The smallest absolute Gasteiger partial charge is 0.206 e. The van der Waals surface area contributed by atoms with Gasteiger partial charge < -0.3 is 9.47 Å². The van der Waals surface area contributed by atoms with Crippen LogP contribution in [0.25, 0.3) is 0 Å². The highest BCUT2D eigenvalue weighted by molar-refractivity contribution is 5.42. The summed E-state index contributed by atoms with van der Waals surface area (Å²) in [4.78, 5) is 0. The number of hydrogen-bond acceptors (Lipinski definition) is 2. The Balaban J connectivity index is 1.57. The van der Waals surface area contributed by atoms with Crippen molar-refractivity contribution in [2.45, 2.75) is 77.0 Å². The van der Waals surface area contributed by atoms with Gasteiger partial charge in [0.1, 0.15) is 0 Å². The van der Waals surface area contributed by atoms with Crippen molar-refractivity contribution in [3.8, 4) is 11.5 Å². The van der Waals surface area contributed by atoms with E-state index in [2.05, 4.69) is 6.92 Å². The summed E-state index contributed by atoms with van der Waals surface area (Å²) in [5.41, 5.74) is 1.17. The predicted molar refractivity (Wildman–Crippen MR) is 105 cm³/mol. The van der Waals surface area contributed by atoms with Gasteiger partial charge in [-0.05, 0) is 79.9 Å². The number of hydrogen-bond donors (Lipinski definition) is 0. The van der Waals surface area contributed by atoms with Gasteiger partial charge in [0.05, 0.1) is 14.2 Å². The molecule has 1 aromatic carbocycles. The average molecular weight is 363 g/mol. The van der Waals surface area contributed by atoms with E-state index in [-0.39, 0.29) is 0 Å². The van der Waals surface area contributed by atoms with Crippen LogP contribution in [0.2, 0.25) is 0 Å². The summed E-state index contributed by atoms with van der Waals surface area (Å²) in [5, 5.41) is 0. The van der Waals surface area contributed by atoms with Crippen LogP contribution in [-0.2, 0) is 0 Å². The van der Waals surface area contributed by atoms with Crippen LogP contribution >= 0.6 is 0 Å². The maximum Gasteiger partial charge on any atom is 0.206 e. The Bertz CT molecular complexity index is 545. The van der Waals surface area contributed by atoms with Crippen LogP contribution in [0.5, 0.6) is 11.5 Å². The molecule has 2 fully saturated rings. The molecule has 0 bridgehead atoms. The number of ether oxygens (including phenoxy) is 2. The number of benzene rings is 1. The summed E-state index contributed by atoms with van der Waals surface area (Å²) in [5.74, 6) is 3.56. The van der Waals surface area contributed by atoms with Crippen molar-refractivity contribution in [1.29, 1.82) is 0 Å². The van der Waals surface area contributed by atoms with Crippen LogP contribution in [0.1, 0.15) is 82.6 Å². The van der Waals surface area contributed by atoms with Crippen LogP contribution in [-0.4, -0.2) is 14.2 Å². The van der Waals surface area contributed by atoms with E-state index in [4.69, 9.17) is 9.47 Å². The van der Waals surface area contributed by atoms with Gasteiger partial charge >= 0.3 is 0 Å². The zero-order valence-electron chi connectivity index (χ0n) is 16.7. The number of rotatable bonds is 6. The molecule has 0 amide bonds. The molecule has 2 nitrogen and oxygen atoms in total. The molecule has 0 unspecified atom stereocenters. The molecule has 0 heterocycles. The standard InChI is InChI=1S/C23H35FO2/c1-4-5-16-6-8-17(9-7-16)18-10-12-19(13-11-18)20-14-21(25-2)23(24)22(15-20)26-3/h14-19H,4-13H2,1-3H3. The third-order valence-electron chi connectivity index (χ3n) is 6.97. The molecule has 0 aromatic heterocycles. The van der Waals surface area contributed by atoms with E-state index >= 15 is 0 Å². The van der Waals surface area contributed by atoms with Crippen molar-refractivity contribution in [3.63, 3.8) is 0 Å². The van der Waals surface area contributed by atoms with Gasteiger partial charge in [-0.1, -0.05) is 32.6 Å². The number of halogens is 1. The van der Waals surface area contributed by atoms with Gasteiger partial charge in [0.2, 0.25) is 5.82 Å². The molecule has 0 atom stereocenters. The quantitative estimate of drug-likeness (QED) is 0.559. The molecule has 0 radical (unpaired) electrons. The van der Waals surface area contributed by atoms with Gasteiger partial charge in [0, 0.05) is 0 Å². The molecular weight excluding hydrogens is 327 g/mol. The zero-order valence-corrected chi connectivity index (χ0v) is 16.7. The van der Waals surface area contributed by atoms with E-state index in [1.54, 1.807) is 0 Å². The molecule has 0 spiro atoms. The molecule has 146 valence electrons. The van der Waals surface area contributed by atoms with Gasteiger partial charge in [-0.15, -0.1) is 0 Å². The predicted octanol–water partition coefficient (Wildman–Crippen LogP) is 6.72. The summed E-state index contributed by atoms with van der Waals surface area (Å²) in [6, 6.07) is 3.75. The molecule has 3 rings (SSSR count). The maximum atomic E-state index is 14.2. The van der Waals surface area contributed by atoms with E-state index in [0.29, 0.717) is 17.4 Å². The SMILES string of the molecule is CCCC1CCC(C2CCC(c3cc(OC)c(F)c(OC)c3)CC2)CC1. The first-order valence-electron chi connectivity index (χ1n) is 10.6. The second kappa shape index (κ2) is 9.10. The summed E-state index contributed by atoms with van der Waals surface area (Å²) >= 11 is 0. The third-order valence-corrected chi connectivity index (χ3v) is 6.97. The molecule has 0 saturated heterocycles. The van der Waals surface area contributed by atoms with Crippen molar-refractivity contribution in [2.75, 3.05) is 14.2 Å². The van der Waals surface area contributed by atoms with Crippen molar-refractivity contribution >= 4 is 0 Å². The topological polar surface area (TPSA) is 18.5 Å².